The predicted octanol–water partition coefficient (Wildman–Crippen LogP) is 3.90. The van der Waals surface area contributed by atoms with Gasteiger partial charge in [0.2, 0.25) is 5.95 Å². The van der Waals surface area contributed by atoms with Crippen LogP contribution in [0, 0.1) is 0 Å². The summed E-state index contributed by atoms with van der Waals surface area (Å²) in [5, 5.41) is 13.3. The summed E-state index contributed by atoms with van der Waals surface area (Å²) in [7, 11) is 0. The fraction of sp³-hybridized carbons (Fsp3) is 0.273. The maximum Gasteiger partial charge on any atom is 0.224 e. The van der Waals surface area contributed by atoms with Gasteiger partial charge in [0.25, 0.3) is 0 Å². The zero-order chi connectivity index (χ0) is 20.5. The molecule has 152 valence electrons. The number of pyridine rings is 1. The van der Waals surface area contributed by atoms with Gasteiger partial charge in [-0.15, -0.1) is 0 Å². The minimum absolute atomic E-state index is 0.215. The highest BCUT2D eigenvalue weighted by Crippen LogP contribution is 2.33. The standard InChI is InChI=1S/C22H23N7O/c23-22-27-20(19-21(28-22)29(13-26-19)15-5-1-2-6-15)25-12-14-9-10-17(24-11-14)16-7-3-4-8-18(16)30/h3-4,7-11,13,15,30H,1-2,5-6,12H2,(H3,23,25,27,28). The lowest BCUT2D eigenvalue weighted by Gasteiger charge is -2.12. The lowest BCUT2D eigenvalue weighted by Crippen LogP contribution is -2.08. The molecule has 1 aliphatic carbocycles. The molecule has 0 spiro atoms. The number of nitrogens with one attached hydrogen (secondary N) is 1. The number of phenolic OH excluding ortho intramolecular Hbond substituents is 1. The number of hydrogen-bond acceptors (Lipinski definition) is 7. The number of para-hydroxylation sites is 1. The van der Waals surface area contributed by atoms with Crippen LogP contribution in [0.2, 0.25) is 0 Å². The second kappa shape index (κ2) is 7.62. The average molecular weight is 401 g/mol. The van der Waals surface area contributed by atoms with Gasteiger partial charge in [-0.1, -0.05) is 31.0 Å². The third-order valence-corrected chi connectivity index (χ3v) is 5.62. The maximum absolute atomic E-state index is 10.0. The van der Waals surface area contributed by atoms with Crippen LogP contribution < -0.4 is 11.1 Å². The molecular formula is C22H23N7O. The van der Waals surface area contributed by atoms with Crippen LogP contribution in [-0.2, 0) is 6.54 Å². The Kier molecular flexibility index (Phi) is 4.66. The molecule has 0 bridgehead atoms. The quantitative estimate of drug-likeness (QED) is 0.464. The molecule has 1 aliphatic rings. The van der Waals surface area contributed by atoms with Gasteiger partial charge in [-0.25, -0.2) is 4.98 Å². The molecule has 0 radical (unpaired) electrons. The predicted molar refractivity (Wildman–Crippen MR) is 116 cm³/mol. The molecule has 1 aromatic carbocycles. The van der Waals surface area contributed by atoms with Crippen LogP contribution in [0.1, 0.15) is 37.3 Å². The van der Waals surface area contributed by atoms with E-state index in [-0.39, 0.29) is 11.7 Å². The summed E-state index contributed by atoms with van der Waals surface area (Å²) in [5.41, 5.74) is 9.91. The Hall–Kier alpha value is -3.68. The van der Waals surface area contributed by atoms with E-state index < -0.39 is 0 Å². The number of rotatable bonds is 5. The highest BCUT2D eigenvalue weighted by atomic mass is 16.3. The van der Waals surface area contributed by atoms with E-state index in [4.69, 9.17) is 5.73 Å². The summed E-state index contributed by atoms with van der Waals surface area (Å²) in [6, 6.07) is 11.5. The molecule has 0 aliphatic heterocycles. The average Bonchev–Trinajstić information content (AvgIpc) is 3.42. The van der Waals surface area contributed by atoms with Crippen LogP contribution >= 0.6 is 0 Å². The first-order chi connectivity index (χ1) is 14.7. The molecule has 30 heavy (non-hydrogen) atoms. The van der Waals surface area contributed by atoms with Gasteiger partial charge in [-0.05, 0) is 36.6 Å². The van der Waals surface area contributed by atoms with Crippen molar-refractivity contribution in [2.24, 2.45) is 0 Å². The van der Waals surface area contributed by atoms with Crippen LogP contribution in [0.3, 0.4) is 0 Å². The van der Waals surface area contributed by atoms with Crippen LogP contribution in [0.25, 0.3) is 22.4 Å². The number of fused-ring (bicyclic) bond motifs is 1. The van der Waals surface area contributed by atoms with Gasteiger partial charge < -0.3 is 20.7 Å². The second-order valence-electron chi connectivity index (χ2n) is 7.62. The van der Waals surface area contributed by atoms with Gasteiger partial charge in [0.1, 0.15) is 5.75 Å². The van der Waals surface area contributed by atoms with Crippen LogP contribution in [0.15, 0.2) is 48.9 Å². The van der Waals surface area contributed by atoms with Gasteiger partial charge in [0.05, 0.1) is 12.0 Å². The van der Waals surface area contributed by atoms with Crippen LogP contribution in [-0.4, -0.2) is 29.6 Å². The van der Waals surface area contributed by atoms with Crippen molar-refractivity contribution in [3.05, 3.63) is 54.5 Å². The molecule has 0 atom stereocenters. The van der Waals surface area contributed by atoms with Crippen LogP contribution in [0.5, 0.6) is 5.75 Å². The molecule has 0 saturated heterocycles. The molecule has 8 heteroatoms. The second-order valence-corrected chi connectivity index (χ2v) is 7.62. The fourth-order valence-electron chi connectivity index (χ4n) is 4.07. The van der Waals surface area contributed by atoms with Gasteiger partial charge in [-0.2, -0.15) is 9.97 Å². The number of nitrogen functional groups attached to an aromatic ring is 1. The summed E-state index contributed by atoms with van der Waals surface area (Å²) in [6.45, 7) is 0.524. The Labute approximate surface area is 173 Å². The van der Waals surface area contributed by atoms with Crippen molar-refractivity contribution in [1.29, 1.82) is 0 Å². The number of benzene rings is 1. The molecule has 0 amide bonds. The van der Waals surface area contributed by atoms with E-state index in [0.29, 0.717) is 24.0 Å². The Bertz CT molecular complexity index is 1180. The highest BCUT2D eigenvalue weighted by Gasteiger charge is 2.21. The molecule has 1 fully saturated rings. The molecule has 0 unspecified atom stereocenters. The lowest BCUT2D eigenvalue weighted by atomic mass is 10.1. The van der Waals surface area contributed by atoms with Crippen LogP contribution in [0.4, 0.5) is 11.8 Å². The van der Waals surface area contributed by atoms with E-state index in [0.717, 1.165) is 35.3 Å². The third-order valence-electron chi connectivity index (χ3n) is 5.62. The number of aromatic nitrogens is 5. The Balaban J connectivity index is 1.37. The monoisotopic (exact) mass is 401 g/mol. The van der Waals surface area contributed by atoms with E-state index in [9.17, 15) is 5.11 Å². The third kappa shape index (κ3) is 3.41. The number of nitrogens with zero attached hydrogens (tertiary/aromatic N) is 5. The van der Waals surface area contributed by atoms with Crippen molar-refractivity contribution in [2.75, 3.05) is 11.1 Å². The largest absolute Gasteiger partial charge is 0.507 e. The number of imidazole rings is 1. The topological polar surface area (TPSA) is 115 Å². The molecule has 3 aromatic heterocycles. The zero-order valence-corrected chi connectivity index (χ0v) is 16.5. The fourth-order valence-corrected chi connectivity index (χ4v) is 4.07. The molecule has 1 saturated carbocycles. The minimum Gasteiger partial charge on any atom is -0.507 e. The van der Waals surface area contributed by atoms with E-state index in [2.05, 4.69) is 29.8 Å². The Morgan fingerprint density at radius 3 is 2.67 bits per heavy atom. The van der Waals surface area contributed by atoms with Crippen molar-refractivity contribution < 1.29 is 5.11 Å². The summed E-state index contributed by atoms with van der Waals surface area (Å²) < 4.78 is 2.13. The van der Waals surface area contributed by atoms with Crippen molar-refractivity contribution in [1.82, 2.24) is 24.5 Å². The number of phenols is 1. The van der Waals surface area contributed by atoms with Gasteiger partial charge in [0, 0.05) is 24.3 Å². The van der Waals surface area contributed by atoms with Crippen molar-refractivity contribution in [3.63, 3.8) is 0 Å². The highest BCUT2D eigenvalue weighted by molar-refractivity contribution is 5.84. The number of anilines is 2. The molecular weight excluding hydrogens is 378 g/mol. The Morgan fingerprint density at radius 2 is 1.90 bits per heavy atom. The molecule has 4 N–H and O–H groups in total. The van der Waals surface area contributed by atoms with Gasteiger partial charge in [0.15, 0.2) is 17.0 Å². The summed E-state index contributed by atoms with van der Waals surface area (Å²) >= 11 is 0. The zero-order valence-electron chi connectivity index (χ0n) is 16.5. The Morgan fingerprint density at radius 1 is 1.07 bits per heavy atom. The van der Waals surface area contributed by atoms with Crippen molar-refractivity contribution >= 4 is 22.9 Å². The molecule has 3 heterocycles. The molecule has 4 aromatic rings. The molecule has 5 rings (SSSR count). The lowest BCUT2D eigenvalue weighted by molar-refractivity contribution is 0.477. The minimum atomic E-state index is 0.215. The number of aromatic hydroxyl groups is 1. The summed E-state index contributed by atoms with van der Waals surface area (Å²) in [6.07, 6.45) is 8.40. The van der Waals surface area contributed by atoms with E-state index in [1.807, 2.05) is 30.6 Å². The summed E-state index contributed by atoms with van der Waals surface area (Å²) in [5.74, 6) is 1.07. The van der Waals surface area contributed by atoms with E-state index in [1.54, 1.807) is 18.3 Å². The summed E-state index contributed by atoms with van der Waals surface area (Å²) in [4.78, 5) is 17.8. The first kappa shape index (κ1) is 18.4. The van der Waals surface area contributed by atoms with Gasteiger partial charge >= 0.3 is 0 Å². The van der Waals surface area contributed by atoms with Crippen molar-refractivity contribution in [3.8, 4) is 17.0 Å². The van der Waals surface area contributed by atoms with Gasteiger partial charge in [-0.3, -0.25) is 4.98 Å². The molecule has 8 nitrogen and oxygen atoms in total. The number of hydrogen-bond donors (Lipinski definition) is 3. The normalized spacial score (nSPS) is 14.4. The SMILES string of the molecule is Nc1nc(NCc2ccc(-c3ccccc3O)nc2)c2ncn(C3CCCC3)c2n1. The maximum atomic E-state index is 10.0. The van der Waals surface area contributed by atoms with Crippen molar-refractivity contribution in [2.45, 2.75) is 38.3 Å². The first-order valence-corrected chi connectivity index (χ1v) is 10.2. The number of nitrogens with two attached hydrogens (primary N) is 1. The first-order valence-electron chi connectivity index (χ1n) is 10.2. The van der Waals surface area contributed by atoms with E-state index in [1.165, 1.54) is 12.8 Å². The van der Waals surface area contributed by atoms with E-state index >= 15 is 0 Å². The smallest absolute Gasteiger partial charge is 0.224 e.